The van der Waals surface area contributed by atoms with Crippen molar-refractivity contribution in [3.05, 3.63) is 102 Å². The maximum atomic E-state index is 13.4. The number of benzene rings is 3. The number of ether oxygens (including phenoxy) is 2. The molecule has 0 spiro atoms. The zero-order valence-electron chi connectivity index (χ0n) is 19.1. The van der Waals surface area contributed by atoms with Crippen LogP contribution in [0.4, 0.5) is 10.5 Å². The molecule has 1 aliphatic heterocycles. The highest BCUT2D eigenvalue weighted by atomic mass is 16.6. The average Bonchev–Trinajstić information content (AvgIpc) is 3.18. The minimum Gasteiger partial charge on any atom is -0.457 e. The van der Waals surface area contributed by atoms with Crippen molar-refractivity contribution in [1.82, 2.24) is 0 Å². The second-order valence-electron chi connectivity index (χ2n) is 8.86. The molecule has 0 N–H and O–H groups in total. The van der Waals surface area contributed by atoms with Gasteiger partial charge in [-0.05, 0) is 43.5 Å². The van der Waals surface area contributed by atoms with Gasteiger partial charge >= 0.3 is 12.1 Å². The lowest BCUT2D eigenvalue weighted by Crippen LogP contribution is -2.35. The topological polar surface area (TPSA) is 55.8 Å². The lowest BCUT2D eigenvalue weighted by atomic mass is 9.96. The van der Waals surface area contributed by atoms with Crippen LogP contribution in [0.25, 0.3) is 11.1 Å². The summed E-state index contributed by atoms with van der Waals surface area (Å²) in [6.07, 6.45) is -0.449. The number of anilines is 1. The fourth-order valence-electron chi connectivity index (χ4n) is 3.80. The first kappa shape index (κ1) is 22.3. The molecule has 0 fully saturated rings. The Labute approximate surface area is 194 Å². The summed E-state index contributed by atoms with van der Waals surface area (Å²) in [5, 5.41) is 0. The minimum absolute atomic E-state index is 0.167. The molecule has 168 valence electrons. The summed E-state index contributed by atoms with van der Waals surface area (Å²) in [5.74, 6) is -0.430. The third-order valence-electron chi connectivity index (χ3n) is 5.23. The lowest BCUT2D eigenvalue weighted by Gasteiger charge is -2.24. The molecule has 33 heavy (non-hydrogen) atoms. The third-order valence-corrected chi connectivity index (χ3v) is 5.23. The zero-order chi connectivity index (χ0) is 23.4. The highest BCUT2D eigenvalue weighted by Gasteiger charge is 2.35. The van der Waals surface area contributed by atoms with E-state index < -0.39 is 17.7 Å². The monoisotopic (exact) mass is 441 g/mol. The number of amides is 1. The summed E-state index contributed by atoms with van der Waals surface area (Å²) in [4.78, 5) is 28.0. The standard InChI is InChI=1S/C28H27NO4/c1-28(2,3)33-27(31)29-18-23(22-16-10-11-17-24(22)29)25(21-14-8-5-9-15-21)26(30)32-19-20-12-6-4-7-13-20/h4-17H,18-19H2,1-3H3/b25-23+. The van der Waals surface area contributed by atoms with Gasteiger partial charge in [0.15, 0.2) is 0 Å². The molecule has 3 aromatic carbocycles. The predicted molar refractivity (Wildman–Crippen MR) is 130 cm³/mol. The molecule has 3 aromatic rings. The highest BCUT2D eigenvalue weighted by Crippen LogP contribution is 2.41. The van der Waals surface area contributed by atoms with E-state index in [1.54, 1.807) is 4.90 Å². The van der Waals surface area contributed by atoms with Crippen molar-refractivity contribution < 1.29 is 19.1 Å². The van der Waals surface area contributed by atoms with Crippen LogP contribution in [0.3, 0.4) is 0 Å². The van der Waals surface area contributed by atoms with Gasteiger partial charge < -0.3 is 9.47 Å². The van der Waals surface area contributed by atoms with E-state index in [2.05, 4.69) is 0 Å². The first-order chi connectivity index (χ1) is 15.8. The van der Waals surface area contributed by atoms with E-state index in [-0.39, 0.29) is 13.2 Å². The number of rotatable bonds is 4. The van der Waals surface area contributed by atoms with Gasteiger partial charge in [0, 0.05) is 5.56 Å². The van der Waals surface area contributed by atoms with Crippen LogP contribution in [0.1, 0.15) is 37.5 Å². The number of esters is 1. The molecule has 5 heteroatoms. The maximum absolute atomic E-state index is 13.4. The summed E-state index contributed by atoms with van der Waals surface area (Å²) < 4.78 is 11.3. The van der Waals surface area contributed by atoms with Crippen molar-refractivity contribution in [2.24, 2.45) is 0 Å². The largest absolute Gasteiger partial charge is 0.457 e. The third kappa shape index (κ3) is 5.14. The molecule has 0 aliphatic carbocycles. The molecule has 1 heterocycles. The number of nitrogens with zero attached hydrogens (tertiary/aromatic N) is 1. The van der Waals surface area contributed by atoms with Crippen LogP contribution in [0, 0.1) is 0 Å². The lowest BCUT2D eigenvalue weighted by molar-refractivity contribution is -0.137. The average molecular weight is 442 g/mol. The number of hydrogen-bond acceptors (Lipinski definition) is 4. The van der Waals surface area contributed by atoms with Gasteiger partial charge in [-0.25, -0.2) is 9.59 Å². The molecule has 1 amide bonds. The quantitative estimate of drug-likeness (QED) is 0.363. The van der Waals surface area contributed by atoms with Gasteiger partial charge in [0.1, 0.15) is 12.2 Å². The number of carbonyl (C=O) groups is 2. The van der Waals surface area contributed by atoms with Gasteiger partial charge in [0.2, 0.25) is 0 Å². The predicted octanol–water partition coefficient (Wildman–Crippen LogP) is 6.10. The Morgan fingerprint density at radius 2 is 1.45 bits per heavy atom. The molecule has 0 saturated carbocycles. The summed E-state index contributed by atoms with van der Waals surface area (Å²) in [5.41, 5.74) is 3.74. The highest BCUT2D eigenvalue weighted by molar-refractivity contribution is 6.27. The van der Waals surface area contributed by atoms with Gasteiger partial charge in [-0.2, -0.15) is 0 Å². The van der Waals surface area contributed by atoms with E-state index >= 15 is 0 Å². The van der Waals surface area contributed by atoms with Crippen molar-refractivity contribution in [3.8, 4) is 0 Å². The van der Waals surface area contributed by atoms with Crippen molar-refractivity contribution >= 4 is 28.9 Å². The molecule has 0 radical (unpaired) electrons. The number of fused-ring (bicyclic) bond motifs is 1. The molecular formula is C28H27NO4. The Morgan fingerprint density at radius 3 is 2.12 bits per heavy atom. The molecule has 5 nitrogen and oxygen atoms in total. The summed E-state index contributed by atoms with van der Waals surface area (Å²) in [6.45, 7) is 5.89. The molecule has 0 bridgehead atoms. The SMILES string of the molecule is CC(C)(C)OC(=O)N1C/C(=C(\C(=O)OCc2ccccc2)c2ccccc2)c2ccccc21. The fraction of sp³-hybridized carbons (Fsp3) is 0.214. The molecule has 4 rings (SSSR count). The second-order valence-corrected chi connectivity index (χ2v) is 8.86. The van der Waals surface area contributed by atoms with Gasteiger partial charge in [-0.3, -0.25) is 4.90 Å². The molecule has 0 unspecified atom stereocenters. The van der Waals surface area contributed by atoms with E-state index in [1.807, 2.05) is 106 Å². The van der Waals surface area contributed by atoms with Gasteiger partial charge in [0.05, 0.1) is 17.8 Å². The Balaban J connectivity index is 1.75. The Hall–Kier alpha value is -3.86. The number of para-hydroxylation sites is 1. The molecule has 1 aliphatic rings. The van der Waals surface area contributed by atoms with Crippen LogP contribution in [-0.4, -0.2) is 24.2 Å². The first-order valence-corrected chi connectivity index (χ1v) is 10.9. The van der Waals surface area contributed by atoms with Crippen LogP contribution in [-0.2, 0) is 20.9 Å². The van der Waals surface area contributed by atoms with E-state index in [1.165, 1.54) is 0 Å². The van der Waals surface area contributed by atoms with E-state index in [9.17, 15) is 9.59 Å². The van der Waals surface area contributed by atoms with Crippen molar-refractivity contribution in [2.45, 2.75) is 33.0 Å². The maximum Gasteiger partial charge on any atom is 0.415 e. The van der Waals surface area contributed by atoms with Gasteiger partial charge in [0.25, 0.3) is 0 Å². The smallest absolute Gasteiger partial charge is 0.415 e. The molecule has 0 atom stereocenters. The Kier molecular flexibility index (Phi) is 6.31. The second kappa shape index (κ2) is 9.33. The molecule has 0 saturated heterocycles. The summed E-state index contributed by atoms with van der Waals surface area (Å²) in [6, 6.07) is 26.5. The van der Waals surface area contributed by atoms with Gasteiger partial charge in [-0.1, -0.05) is 78.9 Å². The molecule has 0 aromatic heterocycles. The Bertz CT molecular complexity index is 1180. The van der Waals surface area contributed by atoms with E-state index in [0.29, 0.717) is 11.3 Å². The molecular weight excluding hydrogens is 414 g/mol. The fourth-order valence-corrected chi connectivity index (χ4v) is 3.80. The first-order valence-electron chi connectivity index (χ1n) is 10.9. The normalized spacial score (nSPS) is 14.5. The number of carbonyl (C=O) groups excluding carboxylic acids is 2. The van der Waals surface area contributed by atoms with Crippen LogP contribution in [0.15, 0.2) is 84.9 Å². The van der Waals surface area contributed by atoms with Gasteiger partial charge in [-0.15, -0.1) is 0 Å². The summed E-state index contributed by atoms with van der Waals surface area (Å²) in [7, 11) is 0. The summed E-state index contributed by atoms with van der Waals surface area (Å²) >= 11 is 0. The van der Waals surface area contributed by atoms with Crippen LogP contribution < -0.4 is 4.90 Å². The van der Waals surface area contributed by atoms with Crippen LogP contribution in [0.2, 0.25) is 0 Å². The zero-order valence-corrected chi connectivity index (χ0v) is 19.1. The van der Waals surface area contributed by atoms with E-state index in [0.717, 1.165) is 22.3 Å². The van der Waals surface area contributed by atoms with E-state index in [4.69, 9.17) is 9.47 Å². The van der Waals surface area contributed by atoms with Crippen LogP contribution in [0.5, 0.6) is 0 Å². The number of hydrogen-bond donors (Lipinski definition) is 0. The Morgan fingerprint density at radius 1 is 0.848 bits per heavy atom. The minimum atomic E-state index is -0.630. The van der Waals surface area contributed by atoms with Crippen molar-refractivity contribution in [1.29, 1.82) is 0 Å². The van der Waals surface area contributed by atoms with Crippen molar-refractivity contribution in [3.63, 3.8) is 0 Å². The van der Waals surface area contributed by atoms with Crippen molar-refractivity contribution in [2.75, 3.05) is 11.4 Å². The van der Waals surface area contributed by atoms with Crippen LogP contribution >= 0.6 is 0 Å².